The summed E-state index contributed by atoms with van der Waals surface area (Å²) < 4.78 is 5.12. The Kier molecular flexibility index (Phi) is 5.45. The summed E-state index contributed by atoms with van der Waals surface area (Å²) in [5.74, 6) is 0.400. The van der Waals surface area contributed by atoms with Crippen LogP contribution in [0.5, 0.6) is 0 Å². The Morgan fingerprint density at radius 2 is 2.23 bits per heavy atom. The van der Waals surface area contributed by atoms with Crippen molar-refractivity contribution in [3.8, 4) is 11.3 Å². The lowest BCUT2D eigenvalue weighted by molar-refractivity contribution is 0.0896. The second kappa shape index (κ2) is 7.13. The van der Waals surface area contributed by atoms with Gasteiger partial charge in [-0.3, -0.25) is 4.79 Å². The molecule has 0 radical (unpaired) electrons. The molecule has 0 spiro atoms. The maximum atomic E-state index is 12.1. The Morgan fingerprint density at radius 1 is 1.45 bits per heavy atom. The first-order valence-corrected chi connectivity index (χ1v) is 7.29. The number of hydrogen-bond donors (Lipinski definition) is 2. The number of carbonyl (C=O) groups is 1. The molecule has 1 unspecified atom stereocenters. The van der Waals surface area contributed by atoms with E-state index in [0.717, 1.165) is 18.4 Å². The van der Waals surface area contributed by atoms with Gasteiger partial charge in [0, 0.05) is 29.2 Å². The average molecular weight is 342 g/mol. The van der Waals surface area contributed by atoms with E-state index in [2.05, 4.69) is 10.5 Å². The molecule has 0 aliphatic heterocycles. The summed E-state index contributed by atoms with van der Waals surface area (Å²) in [5, 5.41) is 7.42. The van der Waals surface area contributed by atoms with Gasteiger partial charge in [0.2, 0.25) is 5.76 Å². The summed E-state index contributed by atoms with van der Waals surface area (Å²) in [5.41, 5.74) is 7.07. The summed E-state index contributed by atoms with van der Waals surface area (Å²) in [4.78, 5) is 12.1. The SMILES string of the molecule is Cl.NCC(NC(=O)c1cc(-c2cccc(Cl)c2)no1)C1CC1. The van der Waals surface area contributed by atoms with Gasteiger partial charge in [0.1, 0.15) is 5.69 Å². The Balaban J connectivity index is 0.00000176. The van der Waals surface area contributed by atoms with Gasteiger partial charge in [-0.25, -0.2) is 0 Å². The quantitative estimate of drug-likeness (QED) is 0.875. The van der Waals surface area contributed by atoms with Gasteiger partial charge in [0.05, 0.1) is 0 Å². The van der Waals surface area contributed by atoms with Crippen molar-refractivity contribution in [3.63, 3.8) is 0 Å². The lowest BCUT2D eigenvalue weighted by Crippen LogP contribution is -2.41. The molecular formula is C15H17Cl2N3O2. The van der Waals surface area contributed by atoms with E-state index in [1.165, 1.54) is 0 Å². The van der Waals surface area contributed by atoms with Crippen LogP contribution in [-0.2, 0) is 0 Å². The number of nitrogens with two attached hydrogens (primary N) is 1. The van der Waals surface area contributed by atoms with Crippen molar-refractivity contribution < 1.29 is 9.32 Å². The maximum absolute atomic E-state index is 12.1. The monoisotopic (exact) mass is 341 g/mol. The third kappa shape index (κ3) is 3.80. The number of halogens is 2. The molecule has 1 aromatic carbocycles. The molecule has 1 fully saturated rings. The van der Waals surface area contributed by atoms with E-state index in [4.69, 9.17) is 21.9 Å². The summed E-state index contributed by atoms with van der Waals surface area (Å²) in [7, 11) is 0. The third-order valence-corrected chi connectivity index (χ3v) is 3.85. The number of hydrogen-bond acceptors (Lipinski definition) is 4. The smallest absolute Gasteiger partial charge is 0.290 e. The molecule has 1 aliphatic rings. The molecule has 3 rings (SSSR count). The molecule has 3 N–H and O–H groups in total. The fourth-order valence-corrected chi connectivity index (χ4v) is 2.46. The predicted molar refractivity (Wildman–Crippen MR) is 87.2 cm³/mol. The molecule has 0 bridgehead atoms. The van der Waals surface area contributed by atoms with Crippen LogP contribution in [0.15, 0.2) is 34.9 Å². The van der Waals surface area contributed by atoms with E-state index < -0.39 is 0 Å². The van der Waals surface area contributed by atoms with Crippen LogP contribution in [0, 0.1) is 5.92 Å². The second-order valence-electron chi connectivity index (χ2n) is 5.24. The van der Waals surface area contributed by atoms with E-state index in [-0.39, 0.29) is 30.1 Å². The van der Waals surface area contributed by atoms with Crippen LogP contribution in [0.2, 0.25) is 5.02 Å². The van der Waals surface area contributed by atoms with Crippen molar-refractivity contribution >= 4 is 29.9 Å². The first kappa shape index (κ1) is 16.8. The van der Waals surface area contributed by atoms with Gasteiger partial charge < -0.3 is 15.6 Å². The van der Waals surface area contributed by atoms with Crippen molar-refractivity contribution in [1.82, 2.24) is 10.5 Å². The van der Waals surface area contributed by atoms with E-state index in [9.17, 15) is 4.79 Å². The summed E-state index contributed by atoms with van der Waals surface area (Å²) >= 11 is 5.94. The predicted octanol–water partition coefficient (Wildman–Crippen LogP) is 2.88. The zero-order valence-electron chi connectivity index (χ0n) is 11.8. The van der Waals surface area contributed by atoms with Crippen LogP contribution >= 0.6 is 24.0 Å². The normalized spacial score (nSPS) is 15.0. The molecule has 1 saturated carbocycles. The highest BCUT2D eigenvalue weighted by molar-refractivity contribution is 6.30. The van der Waals surface area contributed by atoms with Crippen LogP contribution in [-0.4, -0.2) is 23.7 Å². The Hall–Kier alpha value is -1.56. The molecule has 118 valence electrons. The van der Waals surface area contributed by atoms with E-state index >= 15 is 0 Å². The summed E-state index contributed by atoms with van der Waals surface area (Å²) in [6.07, 6.45) is 2.23. The number of aromatic nitrogens is 1. The second-order valence-corrected chi connectivity index (χ2v) is 5.68. The maximum Gasteiger partial charge on any atom is 0.290 e. The Morgan fingerprint density at radius 3 is 2.86 bits per heavy atom. The highest BCUT2D eigenvalue weighted by Crippen LogP contribution is 2.32. The number of rotatable bonds is 5. The van der Waals surface area contributed by atoms with Crippen molar-refractivity contribution in [2.24, 2.45) is 11.7 Å². The highest BCUT2D eigenvalue weighted by atomic mass is 35.5. The molecule has 7 heteroatoms. The highest BCUT2D eigenvalue weighted by Gasteiger charge is 2.32. The Labute approximate surface area is 139 Å². The van der Waals surface area contributed by atoms with Crippen LogP contribution in [0.1, 0.15) is 23.4 Å². The minimum atomic E-state index is -0.280. The fourth-order valence-electron chi connectivity index (χ4n) is 2.27. The first-order chi connectivity index (χ1) is 10.2. The van der Waals surface area contributed by atoms with Gasteiger partial charge in [-0.05, 0) is 30.9 Å². The molecule has 1 aromatic heterocycles. The fraction of sp³-hybridized carbons (Fsp3) is 0.333. The van der Waals surface area contributed by atoms with Crippen LogP contribution in [0.3, 0.4) is 0 Å². The number of nitrogens with zero attached hydrogens (tertiary/aromatic N) is 1. The summed E-state index contributed by atoms with van der Waals surface area (Å²) in [6.45, 7) is 0.436. The van der Waals surface area contributed by atoms with Crippen LogP contribution < -0.4 is 11.1 Å². The third-order valence-electron chi connectivity index (χ3n) is 3.62. The number of nitrogens with one attached hydrogen (secondary N) is 1. The zero-order chi connectivity index (χ0) is 14.8. The van der Waals surface area contributed by atoms with Gasteiger partial charge in [-0.15, -0.1) is 12.4 Å². The average Bonchev–Trinajstić information content (AvgIpc) is 3.20. The number of carbonyl (C=O) groups excluding carboxylic acids is 1. The van der Waals surface area contributed by atoms with Crippen molar-refractivity contribution in [1.29, 1.82) is 0 Å². The topological polar surface area (TPSA) is 81.1 Å². The first-order valence-electron chi connectivity index (χ1n) is 6.91. The van der Waals surface area contributed by atoms with Gasteiger partial charge >= 0.3 is 0 Å². The van der Waals surface area contributed by atoms with Crippen LogP contribution in [0.25, 0.3) is 11.3 Å². The van der Waals surface area contributed by atoms with Crippen molar-refractivity contribution in [2.75, 3.05) is 6.54 Å². The van der Waals surface area contributed by atoms with Gasteiger partial charge in [-0.2, -0.15) is 0 Å². The van der Waals surface area contributed by atoms with Crippen molar-refractivity contribution in [2.45, 2.75) is 18.9 Å². The molecule has 22 heavy (non-hydrogen) atoms. The van der Waals surface area contributed by atoms with E-state index in [1.807, 2.05) is 12.1 Å². The molecule has 1 aliphatic carbocycles. The van der Waals surface area contributed by atoms with Crippen LogP contribution in [0.4, 0.5) is 0 Å². The number of benzene rings is 1. The summed E-state index contributed by atoms with van der Waals surface area (Å²) in [6, 6.07) is 8.86. The minimum absolute atomic E-state index is 0. The molecular weight excluding hydrogens is 325 g/mol. The standard InChI is InChI=1S/C15H16ClN3O2.ClH/c16-11-3-1-2-10(6-11)12-7-14(21-19-12)15(20)18-13(8-17)9-4-5-9;/h1-3,6-7,9,13H,4-5,8,17H2,(H,18,20);1H. The molecule has 0 saturated heterocycles. The minimum Gasteiger partial charge on any atom is -0.350 e. The van der Waals surface area contributed by atoms with Gasteiger partial charge in [0.15, 0.2) is 0 Å². The number of amides is 1. The molecule has 1 heterocycles. The zero-order valence-corrected chi connectivity index (χ0v) is 13.4. The largest absolute Gasteiger partial charge is 0.350 e. The molecule has 5 nitrogen and oxygen atoms in total. The molecule has 1 amide bonds. The lowest BCUT2D eigenvalue weighted by Gasteiger charge is -2.14. The van der Waals surface area contributed by atoms with Gasteiger partial charge in [-0.1, -0.05) is 28.9 Å². The molecule has 1 atom stereocenters. The van der Waals surface area contributed by atoms with E-state index in [0.29, 0.717) is 23.2 Å². The van der Waals surface area contributed by atoms with Crippen molar-refractivity contribution in [3.05, 3.63) is 41.1 Å². The Bertz CT molecular complexity index is 656. The van der Waals surface area contributed by atoms with Gasteiger partial charge in [0.25, 0.3) is 5.91 Å². The molecule has 2 aromatic rings. The van der Waals surface area contributed by atoms with E-state index in [1.54, 1.807) is 18.2 Å². The lowest BCUT2D eigenvalue weighted by atomic mass is 10.1.